The Morgan fingerprint density at radius 3 is 2.43 bits per heavy atom. The lowest BCUT2D eigenvalue weighted by molar-refractivity contribution is -0.117. The number of nitrogens with zero attached hydrogens (tertiary/aromatic N) is 1. The fraction of sp³-hybridized carbons (Fsp3) is 0.350. The van der Waals surface area contributed by atoms with Gasteiger partial charge in [0.05, 0.1) is 36.4 Å². The molecule has 0 spiro atoms. The van der Waals surface area contributed by atoms with Crippen molar-refractivity contribution in [2.24, 2.45) is 0 Å². The Bertz CT molecular complexity index is 885. The predicted octanol–water partition coefficient (Wildman–Crippen LogP) is 3.28. The second kappa shape index (κ2) is 10.1. The van der Waals surface area contributed by atoms with Crippen LogP contribution in [-0.4, -0.2) is 41.2 Å². The summed E-state index contributed by atoms with van der Waals surface area (Å²) >= 11 is 0. The van der Waals surface area contributed by atoms with Crippen molar-refractivity contribution in [3.63, 3.8) is 0 Å². The molecule has 1 N–H and O–H groups in total. The molecule has 0 aliphatic rings. The lowest BCUT2D eigenvalue weighted by atomic mass is 10.2. The molecule has 0 aliphatic heterocycles. The van der Waals surface area contributed by atoms with E-state index < -0.39 is 10.0 Å². The number of amides is 1. The van der Waals surface area contributed by atoms with Gasteiger partial charge in [0.25, 0.3) is 10.0 Å². The molecule has 0 fully saturated rings. The van der Waals surface area contributed by atoms with Gasteiger partial charge in [0.2, 0.25) is 5.91 Å². The van der Waals surface area contributed by atoms with Crippen LogP contribution in [0.4, 0.5) is 11.4 Å². The number of carbonyl (C=O) groups excluding carboxylic acids is 1. The maximum absolute atomic E-state index is 13.2. The molecule has 2 aromatic carbocycles. The molecular formula is C20H26N2O5S. The Balaban J connectivity index is 2.33. The van der Waals surface area contributed by atoms with Gasteiger partial charge in [-0.25, -0.2) is 8.42 Å². The summed E-state index contributed by atoms with van der Waals surface area (Å²) in [4.78, 5) is 12.2. The van der Waals surface area contributed by atoms with Crippen molar-refractivity contribution in [2.45, 2.75) is 25.2 Å². The Morgan fingerprint density at radius 1 is 1.11 bits per heavy atom. The molecule has 1 amide bonds. The molecule has 8 heteroatoms. The third-order valence-electron chi connectivity index (χ3n) is 4.04. The smallest absolute Gasteiger partial charge is 0.264 e. The van der Waals surface area contributed by atoms with Crippen molar-refractivity contribution in [2.75, 3.05) is 36.5 Å². The summed E-state index contributed by atoms with van der Waals surface area (Å²) in [6.45, 7) is 4.71. The second-order valence-electron chi connectivity index (χ2n) is 5.86. The van der Waals surface area contributed by atoms with Gasteiger partial charge in [-0.1, -0.05) is 18.2 Å². The molecule has 0 bridgehead atoms. The van der Waals surface area contributed by atoms with Gasteiger partial charge in [-0.15, -0.1) is 0 Å². The predicted molar refractivity (Wildman–Crippen MR) is 109 cm³/mol. The van der Waals surface area contributed by atoms with E-state index in [0.717, 1.165) is 0 Å². The number of carbonyl (C=O) groups is 1. The normalized spacial score (nSPS) is 11.1. The van der Waals surface area contributed by atoms with Gasteiger partial charge in [0.15, 0.2) is 0 Å². The van der Waals surface area contributed by atoms with E-state index in [1.165, 1.54) is 29.6 Å². The Labute approximate surface area is 166 Å². The molecule has 0 aromatic heterocycles. The van der Waals surface area contributed by atoms with E-state index in [-0.39, 0.29) is 23.8 Å². The number of rotatable bonds is 10. The Kier molecular flexibility index (Phi) is 7.83. The van der Waals surface area contributed by atoms with Crippen LogP contribution in [0.3, 0.4) is 0 Å². The van der Waals surface area contributed by atoms with Crippen molar-refractivity contribution in [3.05, 3.63) is 48.5 Å². The van der Waals surface area contributed by atoms with Crippen LogP contribution in [0.25, 0.3) is 0 Å². The average Bonchev–Trinajstić information content (AvgIpc) is 2.69. The van der Waals surface area contributed by atoms with Crippen molar-refractivity contribution < 1.29 is 22.7 Å². The zero-order valence-corrected chi connectivity index (χ0v) is 17.2. The molecular weight excluding hydrogens is 380 g/mol. The van der Waals surface area contributed by atoms with E-state index in [1.807, 2.05) is 13.0 Å². The van der Waals surface area contributed by atoms with Gasteiger partial charge in [-0.05, 0) is 44.2 Å². The molecule has 2 rings (SSSR count). The summed E-state index contributed by atoms with van der Waals surface area (Å²) in [6, 6.07) is 13.3. The second-order valence-corrected chi connectivity index (χ2v) is 7.72. The number of ether oxygens (including phenoxy) is 2. The van der Waals surface area contributed by atoms with Crippen LogP contribution in [-0.2, 0) is 19.6 Å². The van der Waals surface area contributed by atoms with Crippen LogP contribution in [0, 0.1) is 0 Å². The highest BCUT2D eigenvalue weighted by atomic mass is 32.2. The monoisotopic (exact) mass is 406 g/mol. The number of nitrogens with one attached hydrogen (secondary N) is 1. The number of para-hydroxylation sites is 1. The Hall–Kier alpha value is -2.58. The minimum absolute atomic E-state index is 0.0686. The summed E-state index contributed by atoms with van der Waals surface area (Å²) < 4.78 is 38.1. The number of hydrogen-bond acceptors (Lipinski definition) is 5. The molecule has 0 radical (unpaired) electrons. The zero-order chi connectivity index (χ0) is 20.6. The highest BCUT2D eigenvalue weighted by Gasteiger charge is 2.25. The molecule has 7 nitrogen and oxygen atoms in total. The number of sulfonamides is 1. The largest absolute Gasteiger partial charge is 0.495 e. The quantitative estimate of drug-likeness (QED) is 0.612. The van der Waals surface area contributed by atoms with E-state index in [2.05, 4.69) is 5.32 Å². The maximum atomic E-state index is 13.2. The zero-order valence-electron chi connectivity index (χ0n) is 16.3. The van der Waals surface area contributed by atoms with E-state index in [1.54, 1.807) is 31.2 Å². The minimum atomic E-state index is -3.81. The van der Waals surface area contributed by atoms with Gasteiger partial charge in [-0.2, -0.15) is 0 Å². The van der Waals surface area contributed by atoms with Crippen LogP contribution in [0.2, 0.25) is 0 Å². The van der Waals surface area contributed by atoms with Gasteiger partial charge in [-0.3, -0.25) is 9.10 Å². The van der Waals surface area contributed by atoms with Crippen LogP contribution >= 0.6 is 0 Å². The Morgan fingerprint density at radius 2 is 1.82 bits per heavy atom. The summed E-state index contributed by atoms with van der Waals surface area (Å²) in [5.74, 6) is 0.100. The number of hydrogen-bond donors (Lipinski definition) is 1. The molecule has 28 heavy (non-hydrogen) atoms. The van der Waals surface area contributed by atoms with Gasteiger partial charge in [0, 0.05) is 13.2 Å². The first-order valence-electron chi connectivity index (χ1n) is 9.07. The first-order chi connectivity index (χ1) is 13.4. The van der Waals surface area contributed by atoms with E-state index in [4.69, 9.17) is 9.47 Å². The first-order valence-corrected chi connectivity index (χ1v) is 10.5. The van der Waals surface area contributed by atoms with Crippen molar-refractivity contribution in [1.29, 1.82) is 0 Å². The summed E-state index contributed by atoms with van der Waals surface area (Å²) in [6.07, 6.45) is 0.166. The fourth-order valence-electron chi connectivity index (χ4n) is 2.68. The van der Waals surface area contributed by atoms with Crippen LogP contribution in [0.5, 0.6) is 5.75 Å². The molecule has 0 unspecified atom stereocenters. The summed E-state index contributed by atoms with van der Waals surface area (Å²) in [5.41, 5.74) is 0.873. The SMILES string of the molecule is CCOCCC(=O)Nc1cc(S(=O)(=O)N(CC)c2ccccc2)ccc1OC. The molecule has 0 saturated carbocycles. The molecule has 152 valence electrons. The minimum Gasteiger partial charge on any atom is -0.495 e. The van der Waals surface area contributed by atoms with Crippen LogP contribution in [0.15, 0.2) is 53.4 Å². The van der Waals surface area contributed by atoms with Crippen molar-refractivity contribution in [1.82, 2.24) is 0 Å². The molecule has 0 saturated heterocycles. The number of methoxy groups -OCH3 is 1. The lowest BCUT2D eigenvalue weighted by Crippen LogP contribution is -2.30. The maximum Gasteiger partial charge on any atom is 0.264 e. The van der Waals surface area contributed by atoms with E-state index >= 15 is 0 Å². The number of anilines is 2. The summed E-state index contributed by atoms with van der Waals surface area (Å²) in [7, 11) is -2.35. The van der Waals surface area contributed by atoms with Crippen LogP contribution in [0.1, 0.15) is 20.3 Å². The molecule has 0 aliphatic carbocycles. The highest BCUT2D eigenvalue weighted by Crippen LogP contribution is 2.30. The van der Waals surface area contributed by atoms with Crippen molar-refractivity contribution in [3.8, 4) is 5.75 Å². The van der Waals surface area contributed by atoms with E-state index in [0.29, 0.717) is 30.3 Å². The van der Waals surface area contributed by atoms with Crippen LogP contribution < -0.4 is 14.4 Å². The lowest BCUT2D eigenvalue weighted by Gasteiger charge is -2.23. The molecule has 2 aromatic rings. The van der Waals surface area contributed by atoms with Gasteiger partial charge in [0.1, 0.15) is 5.75 Å². The van der Waals surface area contributed by atoms with E-state index in [9.17, 15) is 13.2 Å². The summed E-state index contributed by atoms with van der Waals surface area (Å²) in [5, 5.41) is 2.70. The number of benzene rings is 2. The average molecular weight is 407 g/mol. The highest BCUT2D eigenvalue weighted by molar-refractivity contribution is 7.92. The third-order valence-corrected chi connectivity index (χ3v) is 5.94. The van der Waals surface area contributed by atoms with Crippen molar-refractivity contribution >= 4 is 27.3 Å². The molecule has 0 heterocycles. The fourth-order valence-corrected chi connectivity index (χ4v) is 4.18. The first kappa shape index (κ1) is 21.7. The van der Waals surface area contributed by atoms with Gasteiger partial charge < -0.3 is 14.8 Å². The third kappa shape index (κ3) is 5.24. The van der Waals surface area contributed by atoms with Gasteiger partial charge >= 0.3 is 0 Å². The topological polar surface area (TPSA) is 84.9 Å². The molecule has 0 atom stereocenters. The standard InChI is InChI=1S/C20H26N2O5S/c1-4-22(16-9-7-6-8-10-16)28(24,25)17-11-12-19(26-3)18(15-17)21-20(23)13-14-27-5-2/h6-12,15H,4-5,13-14H2,1-3H3,(H,21,23).